The number of hydrogen-bond acceptors (Lipinski definition) is 4. The van der Waals surface area contributed by atoms with Crippen LogP contribution in [0.3, 0.4) is 0 Å². The van der Waals surface area contributed by atoms with Crippen molar-refractivity contribution in [3.63, 3.8) is 0 Å². The first-order chi connectivity index (χ1) is 10.1. The molecule has 0 aliphatic carbocycles. The van der Waals surface area contributed by atoms with E-state index >= 15 is 0 Å². The second-order valence-corrected chi connectivity index (χ2v) is 5.17. The average molecular weight is 294 g/mol. The first-order valence-electron chi connectivity index (χ1n) is 7.32. The van der Waals surface area contributed by atoms with Gasteiger partial charge >= 0.3 is 0 Å². The summed E-state index contributed by atoms with van der Waals surface area (Å²) in [5.74, 6) is 0.0757. The predicted molar refractivity (Wildman–Crippen MR) is 83.2 cm³/mol. The highest BCUT2D eigenvalue weighted by atomic mass is 16.5. The molecule has 0 aliphatic heterocycles. The number of nitrogens with one attached hydrogen (secondary N) is 2. The molecule has 1 amide bonds. The number of amides is 1. The lowest BCUT2D eigenvalue weighted by Gasteiger charge is -2.19. The zero-order valence-corrected chi connectivity index (χ0v) is 12.8. The van der Waals surface area contributed by atoms with E-state index in [0.29, 0.717) is 26.1 Å². The quantitative estimate of drug-likeness (QED) is 0.561. The monoisotopic (exact) mass is 294 g/mol. The van der Waals surface area contributed by atoms with Crippen molar-refractivity contribution in [2.75, 3.05) is 33.4 Å². The van der Waals surface area contributed by atoms with Gasteiger partial charge in [-0.2, -0.15) is 0 Å². The largest absolute Gasteiger partial charge is 0.393 e. The molecule has 0 radical (unpaired) electrons. The van der Waals surface area contributed by atoms with E-state index in [4.69, 9.17) is 4.74 Å². The van der Waals surface area contributed by atoms with Crippen molar-refractivity contribution in [2.45, 2.75) is 25.4 Å². The zero-order valence-electron chi connectivity index (χ0n) is 12.8. The van der Waals surface area contributed by atoms with Crippen molar-refractivity contribution in [1.82, 2.24) is 10.6 Å². The average Bonchev–Trinajstić information content (AvgIpc) is 2.48. The molecule has 1 aromatic carbocycles. The zero-order chi connectivity index (χ0) is 15.5. The van der Waals surface area contributed by atoms with E-state index in [1.165, 1.54) is 0 Å². The standard InChI is InChI=1S/C16H26N2O3/c1-13(19)10-15(14-6-4-3-5-7-14)11-18-16(20)12-17-8-9-21-2/h3-7,13,15,17,19H,8-12H2,1-2H3,(H,18,20). The first-order valence-corrected chi connectivity index (χ1v) is 7.32. The molecule has 2 unspecified atom stereocenters. The number of carbonyl (C=O) groups excluding carboxylic acids is 1. The summed E-state index contributed by atoms with van der Waals surface area (Å²) in [4.78, 5) is 11.8. The van der Waals surface area contributed by atoms with Crippen LogP contribution in [0.4, 0.5) is 0 Å². The molecule has 0 spiro atoms. The maximum absolute atomic E-state index is 11.8. The number of benzene rings is 1. The Labute approximate surface area is 126 Å². The molecular weight excluding hydrogens is 268 g/mol. The molecule has 3 N–H and O–H groups in total. The Hall–Kier alpha value is -1.43. The fraction of sp³-hybridized carbons (Fsp3) is 0.562. The number of methoxy groups -OCH3 is 1. The van der Waals surface area contributed by atoms with E-state index in [1.807, 2.05) is 30.3 Å². The molecule has 21 heavy (non-hydrogen) atoms. The second-order valence-electron chi connectivity index (χ2n) is 5.17. The van der Waals surface area contributed by atoms with E-state index in [-0.39, 0.29) is 18.4 Å². The van der Waals surface area contributed by atoms with Crippen molar-refractivity contribution in [3.05, 3.63) is 35.9 Å². The summed E-state index contributed by atoms with van der Waals surface area (Å²) in [6.45, 7) is 3.81. The summed E-state index contributed by atoms with van der Waals surface area (Å²) in [7, 11) is 1.63. The van der Waals surface area contributed by atoms with Crippen LogP contribution in [0.15, 0.2) is 30.3 Å². The molecule has 0 aliphatic rings. The maximum atomic E-state index is 11.8. The summed E-state index contributed by atoms with van der Waals surface area (Å²) < 4.78 is 4.90. The number of hydrogen-bond donors (Lipinski definition) is 3. The van der Waals surface area contributed by atoms with Crippen LogP contribution >= 0.6 is 0 Å². The minimum atomic E-state index is -0.396. The van der Waals surface area contributed by atoms with Gasteiger partial charge < -0.3 is 20.5 Å². The molecule has 5 nitrogen and oxygen atoms in total. The van der Waals surface area contributed by atoms with Gasteiger partial charge in [0.15, 0.2) is 0 Å². The van der Waals surface area contributed by atoms with E-state index in [0.717, 1.165) is 5.56 Å². The van der Waals surface area contributed by atoms with Gasteiger partial charge in [0.05, 0.1) is 19.3 Å². The van der Waals surface area contributed by atoms with Crippen molar-refractivity contribution >= 4 is 5.91 Å². The van der Waals surface area contributed by atoms with E-state index in [2.05, 4.69) is 10.6 Å². The first kappa shape index (κ1) is 17.6. The highest BCUT2D eigenvalue weighted by molar-refractivity contribution is 5.78. The number of aliphatic hydroxyl groups excluding tert-OH is 1. The lowest BCUT2D eigenvalue weighted by Crippen LogP contribution is -2.37. The van der Waals surface area contributed by atoms with Crippen molar-refractivity contribution in [2.24, 2.45) is 0 Å². The third-order valence-electron chi connectivity index (χ3n) is 3.21. The van der Waals surface area contributed by atoms with Crippen LogP contribution in [0.25, 0.3) is 0 Å². The van der Waals surface area contributed by atoms with Crippen LogP contribution in [-0.4, -0.2) is 50.5 Å². The van der Waals surface area contributed by atoms with Crippen LogP contribution < -0.4 is 10.6 Å². The lowest BCUT2D eigenvalue weighted by atomic mass is 9.93. The number of aliphatic hydroxyl groups is 1. The molecule has 0 fully saturated rings. The Morgan fingerprint density at radius 1 is 1.33 bits per heavy atom. The Bertz CT molecular complexity index is 396. The van der Waals surface area contributed by atoms with E-state index in [1.54, 1.807) is 14.0 Å². The SMILES string of the molecule is COCCNCC(=O)NCC(CC(C)O)c1ccccc1. The second kappa shape index (κ2) is 10.3. The third-order valence-corrected chi connectivity index (χ3v) is 3.21. The Balaban J connectivity index is 2.41. The summed E-state index contributed by atoms with van der Waals surface area (Å²) in [6, 6.07) is 9.95. The highest BCUT2D eigenvalue weighted by Gasteiger charge is 2.15. The normalized spacial score (nSPS) is 13.7. The topological polar surface area (TPSA) is 70.6 Å². The summed E-state index contributed by atoms with van der Waals surface area (Å²) in [5.41, 5.74) is 1.13. The Morgan fingerprint density at radius 2 is 2.05 bits per heavy atom. The van der Waals surface area contributed by atoms with Gasteiger partial charge in [0, 0.05) is 26.1 Å². The predicted octanol–water partition coefficient (Wildman–Crippen LogP) is 0.893. The minimum absolute atomic E-state index is 0.0439. The molecule has 1 rings (SSSR count). The summed E-state index contributed by atoms with van der Waals surface area (Å²) >= 11 is 0. The number of carbonyl (C=O) groups is 1. The molecule has 2 atom stereocenters. The van der Waals surface area contributed by atoms with Gasteiger partial charge in [-0.15, -0.1) is 0 Å². The molecular formula is C16H26N2O3. The summed E-state index contributed by atoms with van der Waals surface area (Å²) in [6.07, 6.45) is 0.230. The molecule has 0 saturated carbocycles. The van der Waals surface area contributed by atoms with Gasteiger partial charge in [-0.3, -0.25) is 4.79 Å². The van der Waals surface area contributed by atoms with E-state index < -0.39 is 6.10 Å². The smallest absolute Gasteiger partial charge is 0.233 e. The van der Waals surface area contributed by atoms with Gasteiger partial charge in [-0.05, 0) is 18.9 Å². The summed E-state index contributed by atoms with van der Waals surface area (Å²) in [5, 5.41) is 15.5. The van der Waals surface area contributed by atoms with Crippen LogP contribution in [-0.2, 0) is 9.53 Å². The van der Waals surface area contributed by atoms with Crippen molar-refractivity contribution in [3.8, 4) is 0 Å². The van der Waals surface area contributed by atoms with Crippen LogP contribution in [0.2, 0.25) is 0 Å². The molecule has 0 aromatic heterocycles. The molecule has 0 saturated heterocycles. The van der Waals surface area contributed by atoms with E-state index in [9.17, 15) is 9.90 Å². The fourth-order valence-electron chi connectivity index (χ4n) is 2.15. The van der Waals surface area contributed by atoms with Gasteiger partial charge in [-0.1, -0.05) is 30.3 Å². The van der Waals surface area contributed by atoms with Crippen molar-refractivity contribution in [1.29, 1.82) is 0 Å². The van der Waals surface area contributed by atoms with Crippen LogP contribution in [0.1, 0.15) is 24.8 Å². The van der Waals surface area contributed by atoms with Crippen LogP contribution in [0.5, 0.6) is 0 Å². The number of rotatable bonds is 10. The molecule has 118 valence electrons. The molecule has 0 bridgehead atoms. The molecule has 5 heteroatoms. The van der Waals surface area contributed by atoms with Gasteiger partial charge in [-0.25, -0.2) is 0 Å². The third kappa shape index (κ3) is 7.80. The highest BCUT2D eigenvalue weighted by Crippen LogP contribution is 2.20. The lowest BCUT2D eigenvalue weighted by molar-refractivity contribution is -0.120. The van der Waals surface area contributed by atoms with Crippen molar-refractivity contribution < 1.29 is 14.6 Å². The van der Waals surface area contributed by atoms with Gasteiger partial charge in [0.25, 0.3) is 0 Å². The Morgan fingerprint density at radius 3 is 2.67 bits per heavy atom. The van der Waals surface area contributed by atoms with Gasteiger partial charge in [0.2, 0.25) is 5.91 Å². The minimum Gasteiger partial charge on any atom is -0.393 e. The maximum Gasteiger partial charge on any atom is 0.233 e. The van der Waals surface area contributed by atoms with Gasteiger partial charge in [0.1, 0.15) is 0 Å². The fourth-order valence-corrected chi connectivity index (χ4v) is 2.15. The molecule has 0 heterocycles. The van der Waals surface area contributed by atoms with Crippen LogP contribution in [0, 0.1) is 0 Å². The number of ether oxygens (including phenoxy) is 1. The molecule has 1 aromatic rings. The Kier molecular flexibility index (Phi) is 8.66.